The van der Waals surface area contributed by atoms with E-state index in [2.05, 4.69) is 5.32 Å². The minimum absolute atomic E-state index is 0.123. The normalized spacial score (nSPS) is 13.0. The largest absolute Gasteiger partial charge is 0.481 e. The van der Waals surface area contributed by atoms with Gasteiger partial charge in [-0.3, -0.25) is 9.59 Å². The lowest BCUT2D eigenvalue weighted by atomic mass is 10.1. The Kier molecular flexibility index (Phi) is 4.51. The first kappa shape index (κ1) is 11.1. The third-order valence-corrected chi connectivity index (χ3v) is 1.40. The zero-order valence-electron chi connectivity index (χ0n) is 7.63. The van der Waals surface area contributed by atoms with E-state index in [0.29, 0.717) is 0 Å². The summed E-state index contributed by atoms with van der Waals surface area (Å²) in [6, 6.07) is -0.430. The molecule has 12 heavy (non-hydrogen) atoms. The molecule has 0 aliphatic carbocycles. The van der Waals surface area contributed by atoms with Crippen LogP contribution in [0.4, 0.5) is 0 Å². The fraction of sp³-hybridized carbons (Fsp3) is 0.750. The maximum Gasteiger partial charge on any atom is 0.305 e. The molecule has 70 valence electrons. The van der Waals surface area contributed by atoms with E-state index in [0.717, 1.165) is 0 Å². The van der Waals surface area contributed by atoms with Crippen molar-refractivity contribution in [2.75, 3.05) is 0 Å². The molecule has 0 radical (unpaired) electrons. The SMILES string of the molecule is CC(=O)[C@H](CC(=O)O)NC(C)C. The van der Waals surface area contributed by atoms with Gasteiger partial charge in [-0.1, -0.05) is 13.8 Å². The zero-order valence-corrected chi connectivity index (χ0v) is 7.63. The molecule has 2 N–H and O–H groups in total. The second kappa shape index (κ2) is 4.87. The van der Waals surface area contributed by atoms with Crippen LogP contribution in [0, 0.1) is 0 Å². The van der Waals surface area contributed by atoms with Crippen LogP contribution in [0.15, 0.2) is 0 Å². The predicted octanol–water partition coefficient (Wildman–Crippen LogP) is 0.417. The number of nitrogens with one attached hydrogen (secondary N) is 1. The van der Waals surface area contributed by atoms with Crippen LogP contribution in [0.3, 0.4) is 0 Å². The van der Waals surface area contributed by atoms with E-state index in [1.54, 1.807) is 0 Å². The Hall–Kier alpha value is -0.900. The number of ketones is 1. The second-order valence-corrected chi connectivity index (χ2v) is 3.08. The molecular formula is C8H15NO3. The molecule has 0 rings (SSSR count). The molecule has 0 aromatic carbocycles. The predicted molar refractivity (Wildman–Crippen MR) is 45.0 cm³/mol. The van der Waals surface area contributed by atoms with Crippen molar-refractivity contribution in [1.29, 1.82) is 0 Å². The van der Waals surface area contributed by atoms with Gasteiger partial charge >= 0.3 is 5.97 Å². The summed E-state index contributed by atoms with van der Waals surface area (Å²) in [4.78, 5) is 21.2. The molecule has 0 unspecified atom stereocenters. The summed E-state index contributed by atoms with van der Waals surface area (Å²) in [5.41, 5.74) is 0. The Labute approximate surface area is 72.0 Å². The molecule has 0 saturated carbocycles. The molecule has 4 nitrogen and oxygen atoms in total. The highest BCUT2D eigenvalue weighted by atomic mass is 16.4. The molecule has 0 aliphatic heterocycles. The van der Waals surface area contributed by atoms with Gasteiger partial charge in [-0.2, -0.15) is 0 Å². The Morgan fingerprint density at radius 1 is 1.42 bits per heavy atom. The highest BCUT2D eigenvalue weighted by molar-refractivity contribution is 5.85. The fourth-order valence-electron chi connectivity index (χ4n) is 0.897. The molecule has 0 aliphatic rings. The molecule has 0 aromatic heterocycles. The van der Waals surface area contributed by atoms with E-state index in [9.17, 15) is 9.59 Å². The third kappa shape index (κ3) is 4.85. The molecule has 0 amide bonds. The first-order valence-electron chi connectivity index (χ1n) is 3.91. The average molecular weight is 173 g/mol. The summed E-state index contributed by atoms with van der Waals surface area (Å²) in [6.45, 7) is 5.14. The molecule has 0 fully saturated rings. The van der Waals surface area contributed by atoms with Crippen molar-refractivity contribution in [3.63, 3.8) is 0 Å². The molecular weight excluding hydrogens is 158 g/mol. The van der Waals surface area contributed by atoms with Gasteiger partial charge in [0, 0.05) is 6.04 Å². The van der Waals surface area contributed by atoms with Crippen LogP contribution >= 0.6 is 0 Å². The van der Waals surface area contributed by atoms with Crippen molar-refractivity contribution in [2.45, 2.75) is 39.3 Å². The molecule has 4 heteroatoms. The van der Waals surface area contributed by atoms with Gasteiger partial charge in [-0.05, 0) is 6.92 Å². The van der Waals surface area contributed by atoms with Crippen molar-refractivity contribution in [3.8, 4) is 0 Å². The maximum absolute atomic E-state index is 10.9. The number of carbonyl (C=O) groups excluding carboxylic acids is 1. The molecule has 1 atom stereocenters. The Bertz CT molecular complexity index is 177. The van der Waals surface area contributed by atoms with E-state index in [-0.39, 0.29) is 18.2 Å². The highest BCUT2D eigenvalue weighted by Crippen LogP contribution is 1.95. The van der Waals surface area contributed by atoms with Crippen LogP contribution in [0.2, 0.25) is 0 Å². The summed E-state index contributed by atoms with van der Waals surface area (Å²) in [6.07, 6.45) is -0.145. The standard InChI is InChI=1S/C8H15NO3/c1-5(2)9-7(6(3)10)4-8(11)12/h5,7,9H,4H2,1-3H3,(H,11,12)/t7-/m0/s1. The number of hydrogen-bond acceptors (Lipinski definition) is 3. The number of rotatable bonds is 5. The van der Waals surface area contributed by atoms with Gasteiger partial charge < -0.3 is 10.4 Å². The van der Waals surface area contributed by atoms with Crippen molar-refractivity contribution in [1.82, 2.24) is 5.32 Å². The van der Waals surface area contributed by atoms with Gasteiger partial charge in [0.15, 0.2) is 0 Å². The smallest absolute Gasteiger partial charge is 0.305 e. The summed E-state index contributed by atoms with van der Waals surface area (Å²) < 4.78 is 0. The summed E-state index contributed by atoms with van der Waals surface area (Å²) in [7, 11) is 0. The highest BCUT2D eigenvalue weighted by Gasteiger charge is 2.17. The van der Waals surface area contributed by atoms with E-state index < -0.39 is 12.0 Å². The number of hydrogen-bond donors (Lipinski definition) is 2. The fourth-order valence-corrected chi connectivity index (χ4v) is 0.897. The minimum atomic E-state index is -0.955. The van der Waals surface area contributed by atoms with Crippen molar-refractivity contribution in [2.24, 2.45) is 0 Å². The number of carbonyl (C=O) groups is 2. The molecule has 0 spiro atoms. The molecule has 0 heterocycles. The van der Waals surface area contributed by atoms with Crippen molar-refractivity contribution < 1.29 is 14.7 Å². The quantitative estimate of drug-likeness (QED) is 0.632. The van der Waals surface area contributed by atoms with Crippen LogP contribution in [0.5, 0.6) is 0 Å². The average Bonchev–Trinajstić information content (AvgIpc) is 1.83. The Balaban J connectivity index is 4.04. The topological polar surface area (TPSA) is 66.4 Å². The third-order valence-electron chi connectivity index (χ3n) is 1.40. The Morgan fingerprint density at radius 2 is 1.92 bits per heavy atom. The summed E-state index contributed by atoms with van der Waals surface area (Å²) in [5, 5.41) is 11.3. The zero-order chi connectivity index (χ0) is 9.72. The lowest BCUT2D eigenvalue weighted by molar-refractivity contribution is -0.139. The second-order valence-electron chi connectivity index (χ2n) is 3.08. The van der Waals surface area contributed by atoms with Crippen LogP contribution in [0.1, 0.15) is 27.2 Å². The number of carboxylic acids is 1. The van der Waals surface area contributed by atoms with Gasteiger partial charge in [0.2, 0.25) is 0 Å². The summed E-state index contributed by atoms with van der Waals surface area (Å²) >= 11 is 0. The van der Waals surface area contributed by atoms with Crippen molar-refractivity contribution >= 4 is 11.8 Å². The Morgan fingerprint density at radius 3 is 2.17 bits per heavy atom. The molecule has 0 aromatic rings. The van der Waals surface area contributed by atoms with Gasteiger partial charge in [-0.15, -0.1) is 0 Å². The number of Topliss-reactive ketones (excluding diaryl/α,β-unsaturated/α-hetero) is 1. The number of aliphatic carboxylic acids is 1. The van der Waals surface area contributed by atoms with Crippen molar-refractivity contribution in [3.05, 3.63) is 0 Å². The van der Waals surface area contributed by atoms with E-state index >= 15 is 0 Å². The van der Waals surface area contributed by atoms with Crippen LogP contribution < -0.4 is 5.32 Å². The van der Waals surface area contributed by atoms with E-state index in [1.165, 1.54) is 6.92 Å². The first-order valence-corrected chi connectivity index (χ1v) is 3.91. The van der Waals surface area contributed by atoms with Crippen LogP contribution in [-0.4, -0.2) is 28.9 Å². The van der Waals surface area contributed by atoms with Gasteiger partial charge in [-0.25, -0.2) is 0 Å². The monoisotopic (exact) mass is 173 g/mol. The first-order chi connectivity index (χ1) is 5.43. The minimum Gasteiger partial charge on any atom is -0.481 e. The summed E-state index contributed by atoms with van der Waals surface area (Å²) in [5.74, 6) is -1.09. The van der Waals surface area contributed by atoms with Gasteiger partial charge in [0.1, 0.15) is 5.78 Å². The van der Waals surface area contributed by atoms with E-state index in [1.807, 2.05) is 13.8 Å². The van der Waals surface area contributed by atoms with Gasteiger partial charge in [0.25, 0.3) is 0 Å². The molecule has 0 saturated heterocycles. The lowest BCUT2D eigenvalue weighted by Gasteiger charge is -2.16. The van der Waals surface area contributed by atoms with E-state index in [4.69, 9.17) is 5.11 Å². The molecule has 0 bridgehead atoms. The van der Waals surface area contributed by atoms with Crippen LogP contribution in [0.25, 0.3) is 0 Å². The van der Waals surface area contributed by atoms with Crippen LogP contribution in [-0.2, 0) is 9.59 Å². The number of carboxylic acid groups (broad SMARTS) is 1. The van der Waals surface area contributed by atoms with Gasteiger partial charge in [0.05, 0.1) is 12.5 Å². The maximum atomic E-state index is 10.9. The lowest BCUT2D eigenvalue weighted by Crippen LogP contribution is -2.41.